The van der Waals surface area contributed by atoms with E-state index in [9.17, 15) is 33.5 Å². The molecule has 1 aromatic heterocycles. The van der Waals surface area contributed by atoms with Gasteiger partial charge in [0.05, 0.1) is 12.1 Å². The fraction of sp³-hybridized carbons (Fsp3) is 0.379. The maximum Gasteiger partial charge on any atom is 0.573 e. The molecule has 3 aromatic rings. The van der Waals surface area contributed by atoms with Gasteiger partial charge in [-0.15, -0.1) is 13.2 Å². The summed E-state index contributed by atoms with van der Waals surface area (Å²) in [5.74, 6) is -1.01. The molecule has 0 aliphatic carbocycles. The summed E-state index contributed by atoms with van der Waals surface area (Å²) in [5, 5.41) is 31.9. The van der Waals surface area contributed by atoms with E-state index in [1.54, 1.807) is 33.2 Å². The van der Waals surface area contributed by atoms with E-state index in [4.69, 9.17) is 0 Å². The number of hydroxylamine groups is 2. The Morgan fingerprint density at radius 3 is 2.12 bits per heavy atom. The van der Waals surface area contributed by atoms with E-state index < -0.39 is 41.6 Å². The number of hydrazine groups is 1. The van der Waals surface area contributed by atoms with Crippen molar-refractivity contribution in [1.29, 1.82) is 0 Å². The smallest absolute Gasteiger partial charge is 0.406 e. The van der Waals surface area contributed by atoms with Gasteiger partial charge in [0.1, 0.15) is 11.8 Å². The minimum atomic E-state index is -4.84. The Morgan fingerprint density at radius 1 is 0.952 bits per heavy atom. The van der Waals surface area contributed by atoms with Crippen molar-refractivity contribution in [3.8, 4) is 16.9 Å². The van der Waals surface area contributed by atoms with E-state index in [-0.39, 0.29) is 19.5 Å². The lowest BCUT2D eigenvalue weighted by molar-refractivity contribution is -0.274. The Morgan fingerprint density at radius 2 is 1.60 bits per heavy atom. The van der Waals surface area contributed by atoms with Gasteiger partial charge in [-0.3, -0.25) is 15.2 Å². The van der Waals surface area contributed by atoms with Crippen molar-refractivity contribution in [3.05, 3.63) is 84.2 Å². The first-order valence-corrected chi connectivity index (χ1v) is 13.2. The number of aliphatic hydroxyl groups is 1. The lowest BCUT2D eigenvalue weighted by atomic mass is 9.87. The van der Waals surface area contributed by atoms with Crippen LogP contribution in [0.3, 0.4) is 0 Å². The molecule has 10 nitrogen and oxygen atoms in total. The van der Waals surface area contributed by atoms with Gasteiger partial charge < -0.3 is 20.3 Å². The second kappa shape index (κ2) is 14.5. The molecular weight excluding hydrogens is 555 g/mol. The Labute approximate surface area is 242 Å². The number of halogens is 3. The Hall–Kier alpha value is -3.59. The number of nitrogens with zero attached hydrogens (tertiary/aromatic N) is 2. The molecule has 13 heteroatoms. The van der Waals surface area contributed by atoms with E-state index in [0.717, 1.165) is 28.8 Å². The number of nitrogens with one attached hydrogen (secondary N) is 3. The lowest BCUT2D eigenvalue weighted by Gasteiger charge is -2.33. The van der Waals surface area contributed by atoms with Crippen LogP contribution in [0.1, 0.15) is 31.9 Å². The summed E-state index contributed by atoms with van der Waals surface area (Å²) in [6.45, 7) is 5.02. The molecule has 0 fully saturated rings. The molecule has 0 aliphatic heterocycles. The highest BCUT2D eigenvalue weighted by molar-refractivity contribution is 5.82. The average molecular weight is 592 g/mol. The fourth-order valence-corrected chi connectivity index (χ4v) is 4.27. The summed E-state index contributed by atoms with van der Waals surface area (Å²) in [6.07, 6.45) is -2.39. The van der Waals surface area contributed by atoms with Gasteiger partial charge in [-0.25, -0.2) is 5.01 Å². The van der Waals surface area contributed by atoms with E-state index in [1.165, 1.54) is 17.1 Å². The van der Waals surface area contributed by atoms with Gasteiger partial charge in [0.25, 0.3) is 5.91 Å². The number of hydrogen-bond acceptors (Lipinski definition) is 9. The number of aliphatic hydroxyl groups excluding tert-OH is 1. The SMILES string of the molecule is CC(C)(C)C(NO)C(=O)NN(Cc1ccc(OC(F)(F)F)cc1)CC(O)C(Cc1ccc(-c2cccnc2)cc1)NO. The van der Waals surface area contributed by atoms with Gasteiger partial charge in [0.2, 0.25) is 0 Å². The number of hydrogen-bond donors (Lipinski definition) is 6. The third-order valence-corrected chi connectivity index (χ3v) is 6.50. The zero-order valence-corrected chi connectivity index (χ0v) is 23.5. The van der Waals surface area contributed by atoms with Gasteiger partial charge in [-0.1, -0.05) is 63.2 Å². The van der Waals surface area contributed by atoms with E-state index in [2.05, 4.69) is 20.6 Å². The van der Waals surface area contributed by atoms with Crippen molar-refractivity contribution in [1.82, 2.24) is 26.4 Å². The van der Waals surface area contributed by atoms with Crippen LogP contribution >= 0.6 is 0 Å². The van der Waals surface area contributed by atoms with E-state index in [1.807, 2.05) is 41.9 Å². The maximum absolute atomic E-state index is 13.0. The molecule has 3 rings (SSSR count). The van der Waals surface area contributed by atoms with Crippen LogP contribution in [0.5, 0.6) is 5.75 Å². The molecule has 0 aliphatic rings. The fourth-order valence-electron chi connectivity index (χ4n) is 4.27. The third kappa shape index (κ3) is 10.0. The topological polar surface area (TPSA) is 139 Å². The van der Waals surface area contributed by atoms with Crippen LogP contribution in [-0.4, -0.2) is 62.5 Å². The first-order valence-electron chi connectivity index (χ1n) is 13.2. The molecule has 0 spiro atoms. The molecule has 2 aromatic carbocycles. The monoisotopic (exact) mass is 591 g/mol. The molecule has 42 heavy (non-hydrogen) atoms. The van der Waals surface area contributed by atoms with Gasteiger partial charge in [0.15, 0.2) is 0 Å². The van der Waals surface area contributed by atoms with Crippen LogP contribution < -0.4 is 21.1 Å². The van der Waals surface area contributed by atoms with Crippen LogP contribution in [-0.2, 0) is 17.8 Å². The minimum Gasteiger partial charge on any atom is -0.406 e. The zero-order valence-electron chi connectivity index (χ0n) is 23.5. The number of amides is 1. The summed E-state index contributed by atoms with van der Waals surface area (Å²) in [4.78, 5) is 17.1. The Bertz CT molecular complexity index is 1260. The normalized spacial score (nSPS) is 14.3. The number of pyridine rings is 1. The largest absolute Gasteiger partial charge is 0.573 e. The number of ether oxygens (including phenoxy) is 1. The molecular formula is C29H36F3N5O5. The molecule has 6 N–H and O–H groups in total. The first kappa shape index (κ1) is 32.9. The van der Waals surface area contributed by atoms with Crippen LogP contribution in [0.15, 0.2) is 73.1 Å². The lowest BCUT2D eigenvalue weighted by Crippen LogP contribution is -2.57. The maximum atomic E-state index is 13.0. The predicted octanol–water partition coefficient (Wildman–Crippen LogP) is 3.82. The molecule has 1 amide bonds. The van der Waals surface area contributed by atoms with Crippen molar-refractivity contribution in [3.63, 3.8) is 0 Å². The Balaban J connectivity index is 1.74. The van der Waals surface area contributed by atoms with Crippen molar-refractivity contribution in [2.24, 2.45) is 5.41 Å². The van der Waals surface area contributed by atoms with Gasteiger partial charge >= 0.3 is 6.36 Å². The highest BCUT2D eigenvalue weighted by Gasteiger charge is 2.33. The van der Waals surface area contributed by atoms with Crippen molar-refractivity contribution in [2.75, 3.05) is 6.54 Å². The number of carbonyl (C=O) groups is 1. The summed E-state index contributed by atoms with van der Waals surface area (Å²) in [5.41, 5.74) is 9.32. The average Bonchev–Trinajstić information content (AvgIpc) is 2.92. The van der Waals surface area contributed by atoms with Crippen LogP contribution in [0.2, 0.25) is 0 Å². The van der Waals surface area contributed by atoms with Crippen molar-refractivity contribution < 1.29 is 38.2 Å². The summed E-state index contributed by atoms with van der Waals surface area (Å²) in [6, 6.07) is 14.5. The van der Waals surface area contributed by atoms with Gasteiger partial charge in [-0.05, 0) is 52.3 Å². The standard InChI is InChI=1S/C29H36F3N5O5/c1-28(2,3)26(36-41)27(39)34-37(17-20-8-12-23(13-9-20)42-29(30,31)32)18-25(38)24(35-40)15-19-6-10-21(11-7-19)22-5-4-14-33-16-22/h4-14,16,24-26,35-36,38,40-41H,15,17-18H2,1-3H3,(H,34,39). The van der Waals surface area contributed by atoms with Crippen molar-refractivity contribution >= 4 is 5.91 Å². The van der Waals surface area contributed by atoms with Crippen LogP contribution in [0.25, 0.3) is 11.1 Å². The van der Waals surface area contributed by atoms with E-state index >= 15 is 0 Å². The Kier molecular flexibility index (Phi) is 11.4. The third-order valence-electron chi connectivity index (χ3n) is 6.50. The highest BCUT2D eigenvalue weighted by Crippen LogP contribution is 2.24. The number of aromatic nitrogens is 1. The molecule has 0 radical (unpaired) electrons. The number of rotatable bonds is 13. The molecule has 0 saturated carbocycles. The molecule has 0 bridgehead atoms. The zero-order chi connectivity index (χ0) is 30.9. The van der Waals surface area contributed by atoms with Crippen molar-refractivity contribution in [2.45, 2.75) is 58.3 Å². The van der Waals surface area contributed by atoms with E-state index in [0.29, 0.717) is 5.56 Å². The quantitative estimate of drug-likeness (QED) is 0.164. The molecule has 3 unspecified atom stereocenters. The number of alkyl halides is 3. The summed E-state index contributed by atoms with van der Waals surface area (Å²) in [7, 11) is 0. The van der Waals surface area contributed by atoms with Gasteiger partial charge in [-0.2, -0.15) is 11.0 Å². The molecule has 3 atom stereocenters. The second-order valence-electron chi connectivity index (χ2n) is 10.9. The first-order chi connectivity index (χ1) is 19.8. The molecule has 0 saturated heterocycles. The molecule has 228 valence electrons. The molecule has 1 heterocycles. The predicted molar refractivity (Wildman–Crippen MR) is 148 cm³/mol. The number of carbonyl (C=O) groups excluding carboxylic acids is 1. The van der Waals surface area contributed by atoms with Gasteiger partial charge in [0, 0.05) is 25.5 Å². The summed E-state index contributed by atoms with van der Waals surface area (Å²) < 4.78 is 41.6. The minimum absolute atomic E-state index is 0.0185. The summed E-state index contributed by atoms with van der Waals surface area (Å²) >= 11 is 0. The second-order valence-corrected chi connectivity index (χ2v) is 10.9. The number of benzene rings is 2. The van der Waals surface area contributed by atoms with Crippen LogP contribution in [0, 0.1) is 5.41 Å². The van der Waals surface area contributed by atoms with Crippen LogP contribution in [0.4, 0.5) is 13.2 Å². The highest BCUT2D eigenvalue weighted by atomic mass is 19.4.